The molecule has 0 aliphatic heterocycles. The van der Waals surface area contributed by atoms with Crippen molar-refractivity contribution in [3.63, 3.8) is 0 Å². The highest BCUT2D eigenvalue weighted by atomic mass is 79.9. The van der Waals surface area contributed by atoms with E-state index in [-0.39, 0.29) is 5.75 Å². The van der Waals surface area contributed by atoms with E-state index in [2.05, 4.69) is 25.9 Å². The van der Waals surface area contributed by atoms with Gasteiger partial charge in [-0.05, 0) is 55.5 Å². The minimum atomic E-state index is 0.182. The lowest BCUT2D eigenvalue weighted by molar-refractivity contribution is 0.474. The number of phenols is 1. The molecule has 1 N–H and O–H groups in total. The van der Waals surface area contributed by atoms with Gasteiger partial charge in [0.25, 0.3) is 0 Å². The number of nitrogens with zero attached hydrogens (tertiary/aromatic N) is 2. The Bertz CT molecular complexity index is 1130. The highest BCUT2D eigenvalue weighted by Gasteiger charge is 2.09. The Balaban J connectivity index is 1.67. The van der Waals surface area contributed by atoms with Crippen LogP contribution in [0, 0.1) is 6.92 Å². The first kappa shape index (κ1) is 16.5. The van der Waals surface area contributed by atoms with E-state index >= 15 is 0 Å². The van der Waals surface area contributed by atoms with Crippen molar-refractivity contribution in [3.8, 4) is 17.2 Å². The van der Waals surface area contributed by atoms with E-state index in [0.29, 0.717) is 17.0 Å². The fourth-order valence-corrected chi connectivity index (χ4v) is 3.05. The number of hydrogen-bond acceptors (Lipinski definition) is 4. The van der Waals surface area contributed by atoms with Crippen LogP contribution >= 0.6 is 15.9 Å². The molecule has 5 heteroatoms. The van der Waals surface area contributed by atoms with Crippen molar-refractivity contribution in [2.24, 2.45) is 4.99 Å². The molecular formula is C21H15BrN2O2. The Morgan fingerprint density at radius 1 is 1.08 bits per heavy atom. The maximum Gasteiger partial charge on any atom is 0.227 e. The molecule has 0 radical (unpaired) electrons. The predicted molar refractivity (Wildman–Crippen MR) is 107 cm³/mol. The summed E-state index contributed by atoms with van der Waals surface area (Å²) in [6, 6.07) is 18.8. The van der Waals surface area contributed by atoms with E-state index < -0.39 is 0 Å². The minimum Gasteiger partial charge on any atom is -0.507 e. The molecule has 0 amide bonds. The number of phenolic OH excluding ortho intramolecular Hbond substituents is 1. The Kier molecular flexibility index (Phi) is 4.31. The normalized spacial score (nSPS) is 11.5. The van der Waals surface area contributed by atoms with Crippen LogP contribution in [0.25, 0.3) is 22.6 Å². The molecular weight excluding hydrogens is 392 g/mol. The molecule has 0 fully saturated rings. The standard InChI is InChI=1S/C21H15BrN2O2/c1-13-3-2-4-14(9-13)21-24-18-11-17(6-8-20(18)26-21)23-12-15-10-16(22)5-7-19(15)25/h2-12,25H,1H3. The zero-order chi connectivity index (χ0) is 18.1. The van der Waals surface area contributed by atoms with E-state index in [4.69, 9.17) is 4.42 Å². The molecule has 0 aliphatic carbocycles. The number of rotatable bonds is 3. The Labute approximate surface area is 159 Å². The molecule has 4 nitrogen and oxygen atoms in total. The van der Waals surface area contributed by atoms with E-state index in [1.807, 2.05) is 55.5 Å². The Hall–Kier alpha value is -2.92. The smallest absolute Gasteiger partial charge is 0.227 e. The SMILES string of the molecule is Cc1cccc(-c2nc3cc(N=Cc4cc(Br)ccc4O)ccc3o2)c1. The highest BCUT2D eigenvalue weighted by Crippen LogP contribution is 2.28. The molecule has 26 heavy (non-hydrogen) atoms. The third-order valence-electron chi connectivity index (χ3n) is 3.98. The Morgan fingerprint density at radius 2 is 1.96 bits per heavy atom. The number of hydrogen-bond donors (Lipinski definition) is 1. The Morgan fingerprint density at radius 3 is 2.81 bits per heavy atom. The van der Waals surface area contributed by atoms with Gasteiger partial charge in [0.15, 0.2) is 5.58 Å². The molecule has 0 atom stereocenters. The zero-order valence-corrected chi connectivity index (χ0v) is 15.6. The molecule has 0 saturated heterocycles. The van der Waals surface area contributed by atoms with Gasteiger partial charge in [0.1, 0.15) is 11.3 Å². The van der Waals surface area contributed by atoms with Gasteiger partial charge in [0, 0.05) is 21.8 Å². The van der Waals surface area contributed by atoms with Crippen LogP contribution in [0.5, 0.6) is 5.75 Å². The third-order valence-corrected chi connectivity index (χ3v) is 4.47. The second kappa shape index (κ2) is 6.77. The summed E-state index contributed by atoms with van der Waals surface area (Å²) in [7, 11) is 0. The maximum atomic E-state index is 9.90. The molecule has 3 aromatic carbocycles. The number of aliphatic imine (C=N–C) groups is 1. The van der Waals surface area contributed by atoms with Crippen molar-refractivity contribution < 1.29 is 9.52 Å². The van der Waals surface area contributed by atoms with Gasteiger partial charge in [-0.2, -0.15) is 0 Å². The number of aromatic nitrogens is 1. The van der Waals surface area contributed by atoms with Crippen molar-refractivity contribution in [2.75, 3.05) is 0 Å². The number of fused-ring (bicyclic) bond motifs is 1. The van der Waals surface area contributed by atoms with Gasteiger partial charge < -0.3 is 9.52 Å². The molecule has 4 aromatic rings. The number of oxazole rings is 1. The first-order chi connectivity index (χ1) is 12.6. The van der Waals surface area contributed by atoms with Crippen LogP contribution in [0.3, 0.4) is 0 Å². The van der Waals surface area contributed by atoms with Crippen molar-refractivity contribution in [3.05, 3.63) is 76.3 Å². The summed E-state index contributed by atoms with van der Waals surface area (Å²) >= 11 is 3.39. The van der Waals surface area contributed by atoms with Gasteiger partial charge in [0.2, 0.25) is 5.89 Å². The van der Waals surface area contributed by atoms with Crippen LogP contribution < -0.4 is 0 Å². The maximum absolute atomic E-state index is 9.90. The molecule has 0 unspecified atom stereocenters. The summed E-state index contributed by atoms with van der Waals surface area (Å²) < 4.78 is 6.73. The van der Waals surface area contributed by atoms with Crippen molar-refractivity contribution in [1.82, 2.24) is 4.98 Å². The fourth-order valence-electron chi connectivity index (χ4n) is 2.67. The highest BCUT2D eigenvalue weighted by molar-refractivity contribution is 9.10. The molecule has 128 valence electrons. The average Bonchev–Trinajstić information content (AvgIpc) is 3.06. The van der Waals surface area contributed by atoms with Crippen LogP contribution in [-0.2, 0) is 0 Å². The summed E-state index contributed by atoms with van der Waals surface area (Å²) in [4.78, 5) is 9.01. The summed E-state index contributed by atoms with van der Waals surface area (Å²) in [5.41, 5.74) is 4.94. The van der Waals surface area contributed by atoms with Crippen molar-refractivity contribution >= 4 is 38.9 Å². The van der Waals surface area contributed by atoms with Crippen LogP contribution in [-0.4, -0.2) is 16.3 Å². The van der Waals surface area contributed by atoms with Gasteiger partial charge in [-0.25, -0.2) is 4.98 Å². The van der Waals surface area contributed by atoms with E-state index in [9.17, 15) is 5.11 Å². The van der Waals surface area contributed by atoms with Crippen molar-refractivity contribution in [1.29, 1.82) is 0 Å². The summed E-state index contributed by atoms with van der Waals surface area (Å²) in [6.07, 6.45) is 1.63. The first-order valence-electron chi connectivity index (χ1n) is 8.09. The molecule has 1 aromatic heterocycles. The predicted octanol–water partition coefficient (Wildman–Crippen LogP) is 6.02. The van der Waals surface area contributed by atoms with Gasteiger partial charge in [0.05, 0.1) is 5.69 Å². The zero-order valence-electron chi connectivity index (χ0n) is 14.0. The summed E-state index contributed by atoms with van der Waals surface area (Å²) in [5, 5.41) is 9.90. The van der Waals surface area contributed by atoms with Gasteiger partial charge >= 0.3 is 0 Å². The monoisotopic (exact) mass is 406 g/mol. The van der Waals surface area contributed by atoms with E-state index in [0.717, 1.165) is 26.8 Å². The fraction of sp³-hybridized carbons (Fsp3) is 0.0476. The molecule has 0 bridgehead atoms. The topological polar surface area (TPSA) is 58.6 Å². The second-order valence-corrected chi connectivity index (χ2v) is 6.92. The lowest BCUT2D eigenvalue weighted by Gasteiger charge is -1.99. The van der Waals surface area contributed by atoms with Crippen LogP contribution in [0.1, 0.15) is 11.1 Å². The van der Waals surface area contributed by atoms with Crippen LogP contribution in [0.15, 0.2) is 74.5 Å². The summed E-state index contributed by atoms with van der Waals surface area (Å²) in [6.45, 7) is 2.04. The lowest BCUT2D eigenvalue weighted by atomic mass is 10.1. The third kappa shape index (κ3) is 3.39. The number of aromatic hydroxyl groups is 1. The molecule has 1 heterocycles. The van der Waals surface area contributed by atoms with Crippen LogP contribution in [0.4, 0.5) is 5.69 Å². The van der Waals surface area contributed by atoms with Crippen LogP contribution in [0.2, 0.25) is 0 Å². The summed E-state index contributed by atoms with van der Waals surface area (Å²) in [5.74, 6) is 0.774. The number of benzene rings is 3. The lowest BCUT2D eigenvalue weighted by Crippen LogP contribution is -1.82. The van der Waals surface area contributed by atoms with E-state index in [1.54, 1.807) is 18.3 Å². The molecule has 0 saturated carbocycles. The van der Waals surface area contributed by atoms with Gasteiger partial charge in [-0.15, -0.1) is 0 Å². The molecule has 0 spiro atoms. The second-order valence-electron chi connectivity index (χ2n) is 6.00. The van der Waals surface area contributed by atoms with Gasteiger partial charge in [-0.1, -0.05) is 33.6 Å². The molecule has 0 aliphatic rings. The number of halogens is 1. The largest absolute Gasteiger partial charge is 0.507 e. The van der Waals surface area contributed by atoms with Crippen molar-refractivity contribution in [2.45, 2.75) is 6.92 Å². The average molecular weight is 407 g/mol. The first-order valence-corrected chi connectivity index (χ1v) is 8.88. The quantitative estimate of drug-likeness (QED) is 0.423. The minimum absolute atomic E-state index is 0.182. The molecule has 4 rings (SSSR count). The van der Waals surface area contributed by atoms with Gasteiger partial charge in [-0.3, -0.25) is 4.99 Å². The van der Waals surface area contributed by atoms with E-state index in [1.165, 1.54) is 0 Å². The number of aryl methyl sites for hydroxylation is 1.